The number of halogens is 3. The van der Waals surface area contributed by atoms with E-state index in [0.29, 0.717) is 20.9 Å². The lowest BCUT2D eigenvalue weighted by Gasteiger charge is -2.07. The first-order chi connectivity index (χ1) is 8.58. The molecule has 0 atom stereocenters. The van der Waals surface area contributed by atoms with Crippen LogP contribution in [0.4, 0.5) is 5.82 Å². The zero-order chi connectivity index (χ0) is 13.1. The van der Waals surface area contributed by atoms with E-state index in [1.54, 1.807) is 36.5 Å². The van der Waals surface area contributed by atoms with E-state index in [4.69, 9.17) is 11.6 Å². The highest BCUT2D eigenvalue weighted by atomic mass is 79.9. The van der Waals surface area contributed by atoms with Crippen molar-refractivity contribution in [1.29, 1.82) is 0 Å². The van der Waals surface area contributed by atoms with Crippen molar-refractivity contribution in [1.82, 2.24) is 4.98 Å². The number of anilines is 1. The van der Waals surface area contributed by atoms with Gasteiger partial charge in [0.2, 0.25) is 0 Å². The first-order valence-corrected chi connectivity index (χ1v) is 6.91. The van der Waals surface area contributed by atoms with Gasteiger partial charge in [-0.2, -0.15) is 0 Å². The van der Waals surface area contributed by atoms with Crippen LogP contribution in [0.3, 0.4) is 0 Å². The highest BCUT2D eigenvalue weighted by Crippen LogP contribution is 2.23. The van der Waals surface area contributed by atoms with Crippen LogP contribution in [-0.4, -0.2) is 10.9 Å². The maximum atomic E-state index is 12.1. The lowest BCUT2D eigenvalue weighted by atomic mass is 10.2. The molecule has 2 rings (SSSR count). The number of nitrogens with zero attached hydrogens (tertiary/aromatic N) is 1. The summed E-state index contributed by atoms with van der Waals surface area (Å²) in [6.45, 7) is 0. The first kappa shape index (κ1) is 13.5. The van der Waals surface area contributed by atoms with Crippen LogP contribution >= 0.6 is 43.5 Å². The summed E-state index contributed by atoms with van der Waals surface area (Å²) >= 11 is 12.6. The molecule has 0 aliphatic rings. The van der Waals surface area contributed by atoms with Crippen LogP contribution in [0.1, 0.15) is 10.4 Å². The fourth-order valence-corrected chi connectivity index (χ4v) is 2.24. The molecule has 0 saturated heterocycles. The third-order valence-electron chi connectivity index (χ3n) is 2.16. The molecule has 2 aromatic rings. The van der Waals surface area contributed by atoms with Crippen LogP contribution in [0, 0.1) is 0 Å². The van der Waals surface area contributed by atoms with Crippen molar-refractivity contribution in [2.75, 3.05) is 5.32 Å². The standard InChI is InChI=1S/C12H7Br2ClN2O/c13-7-3-4-10(15)8(6-7)12(18)17-11-9(14)2-1-5-16-11/h1-6H,(H,16,17,18). The molecule has 1 heterocycles. The van der Waals surface area contributed by atoms with Crippen LogP contribution in [0.5, 0.6) is 0 Å². The molecular weight excluding hydrogens is 383 g/mol. The minimum Gasteiger partial charge on any atom is -0.306 e. The van der Waals surface area contributed by atoms with E-state index >= 15 is 0 Å². The fourth-order valence-electron chi connectivity index (χ4n) is 1.32. The van der Waals surface area contributed by atoms with Gasteiger partial charge in [0.05, 0.1) is 15.1 Å². The molecule has 1 aromatic heterocycles. The molecule has 92 valence electrons. The molecule has 0 spiro atoms. The molecule has 0 fully saturated rings. The summed E-state index contributed by atoms with van der Waals surface area (Å²) in [4.78, 5) is 16.1. The summed E-state index contributed by atoms with van der Waals surface area (Å²) in [5, 5.41) is 3.08. The number of nitrogens with one attached hydrogen (secondary N) is 1. The molecule has 18 heavy (non-hydrogen) atoms. The summed E-state index contributed by atoms with van der Waals surface area (Å²) < 4.78 is 1.50. The van der Waals surface area contributed by atoms with Gasteiger partial charge in [-0.15, -0.1) is 0 Å². The van der Waals surface area contributed by atoms with Crippen molar-refractivity contribution in [3.8, 4) is 0 Å². The predicted octanol–water partition coefficient (Wildman–Crippen LogP) is 4.51. The van der Waals surface area contributed by atoms with Gasteiger partial charge in [0.25, 0.3) is 5.91 Å². The number of benzene rings is 1. The Morgan fingerprint density at radius 2 is 2.06 bits per heavy atom. The van der Waals surface area contributed by atoms with Crippen LogP contribution in [0.2, 0.25) is 5.02 Å². The molecule has 0 saturated carbocycles. The Balaban J connectivity index is 2.28. The second-order valence-electron chi connectivity index (χ2n) is 3.41. The third kappa shape index (κ3) is 3.10. The number of pyridine rings is 1. The van der Waals surface area contributed by atoms with Gasteiger partial charge in [-0.05, 0) is 46.3 Å². The number of carbonyl (C=O) groups excluding carboxylic acids is 1. The molecule has 1 aromatic carbocycles. The summed E-state index contributed by atoms with van der Waals surface area (Å²) in [7, 11) is 0. The summed E-state index contributed by atoms with van der Waals surface area (Å²) in [5.74, 6) is 0.152. The van der Waals surface area contributed by atoms with E-state index in [1.807, 2.05) is 0 Å². The van der Waals surface area contributed by atoms with Gasteiger partial charge in [0, 0.05) is 10.7 Å². The van der Waals surface area contributed by atoms with Crippen molar-refractivity contribution in [3.05, 3.63) is 56.1 Å². The normalized spacial score (nSPS) is 10.2. The van der Waals surface area contributed by atoms with E-state index in [1.165, 1.54) is 0 Å². The van der Waals surface area contributed by atoms with Gasteiger partial charge < -0.3 is 5.32 Å². The van der Waals surface area contributed by atoms with E-state index in [9.17, 15) is 4.79 Å². The second kappa shape index (κ2) is 5.82. The topological polar surface area (TPSA) is 42.0 Å². The summed E-state index contributed by atoms with van der Waals surface area (Å²) in [6.07, 6.45) is 1.60. The Hall–Kier alpha value is -0.910. The summed E-state index contributed by atoms with van der Waals surface area (Å²) in [5.41, 5.74) is 0.392. The fraction of sp³-hybridized carbons (Fsp3) is 0. The minimum atomic E-state index is -0.305. The number of aromatic nitrogens is 1. The Bertz CT molecular complexity index is 604. The van der Waals surface area contributed by atoms with Gasteiger partial charge in [-0.1, -0.05) is 27.5 Å². The minimum absolute atomic E-state index is 0.305. The van der Waals surface area contributed by atoms with Crippen LogP contribution in [0.25, 0.3) is 0 Å². The van der Waals surface area contributed by atoms with Crippen LogP contribution in [-0.2, 0) is 0 Å². The van der Waals surface area contributed by atoms with Gasteiger partial charge in [-0.3, -0.25) is 4.79 Å². The van der Waals surface area contributed by atoms with Crippen molar-refractivity contribution in [2.24, 2.45) is 0 Å². The van der Waals surface area contributed by atoms with E-state index in [2.05, 4.69) is 42.2 Å². The van der Waals surface area contributed by atoms with Crippen molar-refractivity contribution in [2.45, 2.75) is 0 Å². The number of rotatable bonds is 2. The highest BCUT2D eigenvalue weighted by molar-refractivity contribution is 9.10. The molecule has 0 radical (unpaired) electrons. The van der Waals surface area contributed by atoms with Gasteiger partial charge in [-0.25, -0.2) is 4.98 Å². The third-order valence-corrected chi connectivity index (χ3v) is 3.63. The van der Waals surface area contributed by atoms with Crippen molar-refractivity contribution in [3.63, 3.8) is 0 Å². The molecule has 0 bridgehead atoms. The Morgan fingerprint density at radius 1 is 1.28 bits per heavy atom. The van der Waals surface area contributed by atoms with Crippen molar-refractivity contribution < 1.29 is 4.79 Å². The van der Waals surface area contributed by atoms with Crippen LogP contribution < -0.4 is 5.32 Å². The van der Waals surface area contributed by atoms with Crippen molar-refractivity contribution >= 4 is 55.2 Å². The van der Waals surface area contributed by atoms with Gasteiger partial charge in [0.1, 0.15) is 5.82 Å². The molecular formula is C12H7Br2ClN2O. The van der Waals surface area contributed by atoms with E-state index < -0.39 is 0 Å². The highest BCUT2D eigenvalue weighted by Gasteiger charge is 2.12. The zero-order valence-electron chi connectivity index (χ0n) is 8.95. The molecule has 0 aliphatic heterocycles. The monoisotopic (exact) mass is 388 g/mol. The second-order valence-corrected chi connectivity index (χ2v) is 5.59. The number of carbonyl (C=O) groups is 1. The largest absolute Gasteiger partial charge is 0.306 e. The molecule has 0 aliphatic carbocycles. The number of amides is 1. The smallest absolute Gasteiger partial charge is 0.258 e. The Morgan fingerprint density at radius 3 is 2.78 bits per heavy atom. The zero-order valence-corrected chi connectivity index (χ0v) is 12.9. The lowest BCUT2D eigenvalue weighted by Crippen LogP contribution is -2.13. The molecule has 6 heteroatoms. The molecule has 3 nitrogen and oxygen atoms in total. The quantitative estimate of drug-likeness (QED) is 0.820. The maximum Gasteiger partial charge on any atom is 0.258 e. The maximum absolute atomic E-state index is 12.1. The van der Waals surface area contributed by atoms with Crippen LogP contribution in [0.15, 0.2) is 45.5 Å². The lowest BCUT2D eigenvalue weighted by molar-refractivity contribution is 0.102. The average molecular weight is 390 g/mol. The van der Waals surface area contributed by atoms with E-state index in [0.717, 1.165) is 4.47 Å². The number of hydrogen-bond acceptors (Lipinski definition) is 2. The number of hydrogen-bond donors (Lipinski definition) is 1. The van der Waals surface area contributed by atoms with E-state index in [-0.39, 0.29) is 5.91 Å². The average Bonchev–Trinajstić information content (AvgIpc) is 2.35. The molecule has 1 amide bonds. The summed E-state index contributed by atoms with van der Waals surface area (Å²) in [6, 6.07) is 8.66. The van der Waals surface area contributed by atoms with Gasteiger partial charge in [0.15, 0.2) is 0 Å². The molecule has 0 unspecified atom stereocenters. The van der Waals surface area contributed by atoms with Gasteiger partial charge >= 0.3 is 0 Å². The Labute approximate surface area is 126 Å². The SMILES string of the molecule is O=C(Nc1ncccc1Br)c1cc(Br)ccc1Cl. The Kier molecular flexibility index (Phi) is 4.37. The first-order valence-electron chi connectivity index (χ1n) is 4.95. The molecule has 1 N–H and O–H groups in total. The predicted molar refractivity (Wildman–Crippen MR) is 79.0 cm³/mol.